The molecule has 1 aliphatic carbocycles. The molecule has 2 aliphatic heterocycles. The fourth-order valence-electron chi connectivity index (χ4n) is 3.31. The zero-order valence-corrected chi connectivity index (χ0v) is 10.3. The van der Waals surface area contributed by atoms with Crippen LogP contribution in [0.1, 0.15) is 39.5 Å². The summed E-state index contributed by atoms with van der Waals surface area (Å²) in [4.78, 5) is 11.8. The number of carbonyl (C=O) groups excluding carboxylic acids is 1. The number of fused-ring (bicyclic) bond motifs is 1. The zero-order chi connectivity index (χ0) is 12.1. The van der Waals surface area contributed by atoms with Gasteiger partial charge in [0.05, 0.1) is 19.6 Å². The molecule has 3 rings (SSSR count). The second-order valence-corrected chi connectivity index (χ2v) is 5.45. The molecule has 0 bridgehead atoms. The van der Waals surface area contributed by atoms with Gasteiger partial charge in [-0.2, -0.15) is 0 Å². The van der Waals surface area contributed by atoms with E-state index in [1.807, 2.05) is 0 Å². The molecule has 1 unspecified atom stereocenters. The van der Waals surface area contributed by atoms with Crippen LogP contribution in [0.5, 0.6) is 0 Å². The highest BCUT2D eigenvalue weighted by molar-refractivity contribution is 5.72. The van der Waals surface area contributed by atoms with Crippen molar-refractivity contribution in [3.8, 4) is 0 Å². The summed E-state index contributed by atoms with van der Waals surface area (Å²) >= 11 is 0. The van der Waals surface area contributed by atoms with Crippen molar-refractivity contribution in [2.24, 2.45) is 0 Å². The maximum atomic E-state index is 11.8. The SMILES string of the molecule is CC1(C)OC(=O)CC2(CCCC23OCCO3)O1. The predicted molar refractivity (Wildman–Crippen MR) is 57.1 cm³/mol. The van der Waals surface area contributed by atoms with Gasteiger partial charge < -0.3 is 18.9 Å². The summed E-state index contributed by atoms with van der Waals surface area (Å²) in [7, 11) is 0. The molecule has 17 heavy (non-hydrogen) atoms. The van der Waals surface area contributed by atoms with Crippen LogP contribution in [0.25, 0.3) is 0 Å². The third-order valence-electron chi connectivity index (χ3n) is 3.77. The van der Waals surface area contributed by atoms with Crippen molar-refractivity contribution in [3.63, 3.8) is 0 Å². The van der Waals surface area contributed by atoms with Crippen LogP contribution >= 0.6 is 0 Å². The van der Waals surface area contributed by atoms with E-state index in [9.17, 15) is 4.79 Å². The van der Waals surface area contributed by atoms with Crippen LogP contribution in [-0.4, -0.2) is 36.4 Å². The molecule has 5 heteroatoms. The first-order valence-electron chi connectivity index (χ1n) is 6.17. The Morgan fingerprint density at radius 3 is 2.47 bits per heavy atom. The summed E-state index contributed by atoms with van der Waals surface area (Å²) in [6.45, 7) is 4.65. The molecular formula is C12H18O5. The van der Waals surface area contributed by atoms with Gasteiger partial charge in [-0.15, -0.1) is 0 Å². The van der Waals surface area contributed by atoms with Crippen molar-refractivity contribution in [1.29, 1.82) is 0 Å². The Hall–Kier alpha value is -0.650. The topological polar surface area (TPSA) is 54.0 Å². The molecule has 0 N–H and O–H groups in total. The van der Waals surface area contributed by atoms with Crippen LogP contribution in [0.3, 0.4) is 0 Å². The number of ether oxygens (including phenoxy) is 4. The van der Waals surface area contributed by atoms with Crippen LogP contribution in [0.4, 0.5) is 0 Å². The van der Waals surface area contributed by atoms with Crippen molar-refractivity contribution in [3.05, 3.63) is 0 Å². The lowest BCUT2D eigenvalue weighted by atomic mass is 9.90. The molecule has 2 saturated heterocycles. The predicted octanol–water partition coefficient (Wildman–Crippen LogP) is 1.35. The third kappa shape index (κ3) is 1.60. The average Bonchev–Trinajstić information content (AvgIpc) is 2.74. The fourth-order valence-corrected chi connectivity index (χ4v) is 3.31. The van der Waals surface area contributed by atoms with Crippen molar-refractivity contribution in [2.75, 3.05) is 13.2 Å². The van der Waals surface area contributed by atoms with Gasteiger partial charge in [0.1, 0.15) is 5.60 Å². The molecule has 0 aromatic rings. The number of rotatable bonds is 0. The van der Waals surface area contributed by atoms with Gasteiger partial charge in [0, 0.05) is 20.3 Å². The molecule has 1 atom stereocenters. The highest BCUT2D eigenvalue weighted by Gasteiger charge is 2.65. The summed E-state index contributed by atoms with van der Waals surface area (Å²) in [6.07, 6.45) is 2.74. The maximum absolute atomic E-state index is 11.8. The van der Waals surface area contributed by atoms with Crippen LogP contribution in [0.2, 0.25) is 0 Å². The Bertz CT molecular complexity index is 339. The first-order chi connectivity index (χ1) is 7.97. The van der Waals surface area contributed by atoms with Crippen molar-refractivity contribution in [2.45, 2.75) is 56.7 Å². The molecule has 3 fully saturated rings. The lowest BCUT2D eigenvalue weighted by Gasteiger charge is -2.48. The Kier molecular flexibility index (Phi) is 2.31. The Balaban J connectivity index is 1.96. The van der Waals surface area contributed by atoms with E-state index in [0.717, 1.165) is 19.3 Å². The highest BCUT2D eigenvalue weighted by atomic mass is 16.8. The summed E-state index contributed by atoms with van der Waals surface area (Å²) in [5.74, 6) is -1.87. The van der Waals surface area contributed by atoms with Gasteiger partial charge in [-0.3, -0.25) is 4.79 Å². The minimum atomic E-state index is -0.901. The van der Waals surface area contributed by atoms with Crippen LogP contribution in [0.15, 0.2) is 0 Å². The molecule has 0 aromatic heterocycles. The standard InChI is InChI=1S/C12H18O5/c1-10(2)16-9(13)8-11(17-10)4-3-5-12(11)14-6-7-15-12/h3-8H2,1-2H3. The van der Waals surface area contributed by atoms with Crippen LogP contribution in [-0.2, 0) is 23.7 Å². The number of hydrogen-bond acceptors (Lipinski definition) is 5. The van der Waals surface area contributed by atoms with E-state index in [0.29, 0.717) is 13.2 Å². The summed E-state index contributed by atoms with van der Waals surface area (Å²) in [5.41, 5.74) is -0.664. The second kappa shape index (κ2) is 3.43. The van der Waals surface area contributed by atoms with Crippen LogP contribution in [0, 0.1) is 0 Å². The number of cyclic esters (lactones) is 1. The van der Waals surface area contributed by atoms with Gasteiger partial charge in [0.15, 0.2) is 5.79 Å². The maximum Gasteiger partial charge on any atom is 0.311 e. The molecule has 0 aromatic carbocycles. The van der Waals surface area contributed by atoms with Gasteiger partial charge in [0.25, 0.3) is 0 Å². The van der Waals surface area contributed by atoms with E-state index in [-0.39, 0.29) is 12.4 Å². The summed E-state index contributed by atoms with van der Waals surface area (Å²) < 4.78 is 22.8. The molecule has 1 saturated carbocycles. The summed E-state index contributed by atoms with van der Waals surface area (Å²) in [5, 5.41) is 0. The van der Waals surface area contributed by atoms with Gasteiger partial charge in [-0.1, -0.05) is 0 Å². The van der Waals surface area contributed by atoms with E-state index >= 15 is 0 Å². The largest absolute Gasteiger partial charge is 0.434 e. The molecule has 0 amide bonds. The molecule has 2 heterocycles. The van der Waals surface area contributed by atoms with E-state index in [4.69, 9.17) is 18.9 Å². The van der Waals surface area contributed by atoms with Gasteiger partial charge in [0.2, 0.25) is 5.79 Å². The van der Waals surface area contributed by atoms with Crippen LogP contribution < -0.4 is 0 Å². The van der Waals surface area contributed by atoms with E-state index in [1.54, 1.807) is 13.8 Å². The Morgan fingerprint density at radius 2 is 1.82 bits per heavy atom. The van der Waals surface area contributed by atoms with E-state index in [1.165, 1.54) is 0 Å². The first-order valence-corrected chi connectivity index (χ1v) is 6.17. The Morgan fingerprint density at radius 1 is 1.12 bits per heavy atom. The number of esters is 1. The minimum absolute atomic E-state index is 0.219. The van der Waals surface area contributed by atoms with Gasteiger partial charge in [-0.05, 0) is 12.8 Å². The molecular weight excluding hydrogens is 224 g/mol. The zero-order valence-electron chi connectivity index (χ0n) is 10.3. The van der Waals surface area contributed by atoms with Crippen molar-refractivity contribution >= 4 is 5.97 Å². The Labute approximate surface area is 100 Å². The minimum Gasteiger partial charge on any atom is -0.434 e. The lowest BCUT2D eigenvalue weighted by Crippen LogP contribution is -2.61. The molecule has 96 valence electrons. The van der Waals surface area contributed by atoms with Crippen molar-refractivity contribution < 1.29 is 23.7 Å². The smallest absolute Gasteiger partial charge is 0.311 e. The molecule has 5 nitrogen and oxygen atoms in total. The molecule has 0 radical (unpaired) electrons. The molecule has 2 spiro atoms. The highest BCUT2D eigenvalue weighted by Crippen LogP contribution is 2.53. The summed E-state index contributed by atoms with van der Waals surface area (Å²) in [6, 6.07) is 0. The fraction of sp³-hybridized carbons (Fsp3) is 0.917. The van der Waals surface area contributed by atoms with E-state index in [2.05, 4.69) is 0 Å². The first kappa shape index (κ1) is 11.4. The second-order valence-electron chi connectivity index (χ2n) is 5.45. The van der Waals surface area contributed by atoms with Gasteiger partial charge in [-0.25, -0.2) is 0 Å². The molecule has 3 aliphatic rings. The monoisotopic (exact) mass is 242 g/mol. The number of hydrogen-bond donors (Lipinski definition) is 0. The van der Waals surface area contributed by atoms with Crippen molar-refractivity contribution in [1.82, 2.24) is 0 Å². The average molecular weight is 242 g/mol. The normalized spacial score (nSPS) is 38.8. The lowest BCUT2D eigenvalue weighted by molar-refractivity contribution is -0.356. The quantitative estimate of drug-likeness (QED) is 0.600. The number of carbonyl (C=O) groups is 1. The third-order valence-corrected chi connectivity index (χ3v) is 3.77. The van der Waals surface area contributed by atoms with Gasteiger partial charge >= 0.3 is 5.97 Å². The van der Waals surface area contributed by atoms with E-state index < -0.39 is 17.2 Å².